The molecule has 0 bridgehead atoms. The molecule has 0 aromatic heterocycles. The van der Waals surface area contributed by atoms with Gasteiger partial charge in [0.05, 0.1) is 25.7 Å². The van der Waals surface area contributed by atoms with E-state index in [4.69, 9.17) is 9.47 Å². The van der Waals surface area contributed by atoms with Gasteiger partial charge < -0.3 is 19.3 Å². The van der Waals surface area contributed by atoms with Crippen molar-refractivity contribution < 1.29 is 14.3 Å². The second-order valence-electron chi connectivity index (χ2n) is 6.20. The molecule has 1 unspecified atom stereocenters. The second-order valence-corrected chi connectivity index (χ2v) is 6.20. The summed E-state index contributed by atoms with van der Waals surface area (Å²) in [6.07, 6.45) is 3.91. The number of hydrogen-bond donors (Lipinski definition) is 0. The van der Waals surface area contributed by atoms with E-state index in [-0.39, 0.29) is 18.0 Å². The highest BCUT2D eigenvalue weighted by atomic mass is 16.7. The molecule has 23 heavy (non-hydrogen) atoms. The zero-order chi connectivity index (χ0) is 16.1. The molecule has 2 aliphatic heterocycles. The van der Waals surface area contributed by atoms with Gasteiger partial charge in [-0.3, -0.25) is 4.79 Å². The molecule has 5 heteroatoms. The molecule has 0 aliphatic carbocycles. The van der Waals surface area contributed by atoms with E-state index in [0.29, 0.717) is 32.8 Å². The van der Waals surface area contributed by atoms with Gasteiger partial charge in [0.2, 0.25) is 0 Å². The number of hydrogen-bond acceptors (Lipinski definition) is 5. The fraction of sp³-hybridized carbons (Fsp3) is 0.500. The number of carbonyl (C=O) groups is 1. The van der Waals surface area contributed by atoms with Crippen molar-refractivity contribution in [1.29, 1.82) is 0 Å². The Labute approximate surface area is 137 Å². The van der Waals surface area contributed by atoms with Gasteiger partial charge in [-0.1, -0.05) is 36.4 Å². The lowest BCUT2D eigenvalue weighted by Gasteiger charge is -2.29. The molecule has 5 nitrogen and oxygen atoms in total. The predicted octanol–water partition coefficient (Wildman–Crippen LogP) is 1.51. The third kappa shape index (κ3) is 4.64. The zero-order valence-electron chi connectivity index (χ0n) is 13.6. The van der Waals surface area contributed by atoms with E-state index in [1.807, 2.05) is 31.3 Å². The van der Waals surface area contributed by atoms with Gasteiger partial charge in [-0.15, -0.1) is 0 Å². The van der Waals surface area contributed by atoms with Crippen LogP contribution in [0.2, 0.25) is 0 Å². The maximum atomic E-state index is 12.4. The highest BCUT2D eigenvalue weighted by Gasteiger charge is 2.25. The van der Waals surface area contributed by atoms with Crippen molar-refractivity contribution in [2.45, 2.75) is 12.8 Å². The Morgan fingerprint density at radius 1 is 1.17 bits per heavy atom. The number of rotatable bonds is 6. The Morgan fingerprint density at radius 3 is 2.61 bits per heavy atom. The number of likely N-dealkylation sites (N-methyl/N-ethyl adjacent to an activating group) is 1. The molecular weight excluding hydrogens is 292 g/mol. The number of ether oxygens (including phenoxy) is 2. The molecule has 0 amide bonds. The van der Waals surface area contributed by atoms with Crippen molar-refractivity contribution in [2.24, 2.45) is 5.92 Å². The number of Topliss-reactive ketones (excluding diaryl/α,β-unsaturated/α-hetero) is 1. The van der Waals surface area contributed by atoms with Gasteiger partial charge in [-0.25, -0.2) is 0 Å². The van der Waals surface area contributed by atoms with Crippen LogP contribution >= 0.6 is 0 Å². The first-order valence-corrected chi connectivity index (χ1v) is 8.11. The normalized spacial score (nSPS) is 22.3. The maximum absolute atomic E-state index is 12.4. The monoisotopic (exact) mass is 316 g/mol. The van der Waals surface area contributed by atoms with Crippen molar-refractivity contribution in [1.82, 2.24) is 9.80 Å². The van der Waals surface area contributed by atoms with Gasteiger partial charge in [0.1, 0.15) is 0 Å². The summed E-state index contributed by atoms with van der Waals surface area (Å²) in [5.41, 5.74) is 1.22. The van der Waals surface area contributed by atoms with Crippen LogP contribution in [0.1, 0.15) is 5.56 Å². The van der Waals surface area contributed by atoms with E-state index in [2.05, 4.69) is 28.1 Å². The predicted molar refractivity (Wildman–Crippen MR) is 87.7 cm³/mol. The van der Waals surface area contributed by atoms with Crippen molar-refractivity contribution >= 4 is 5.78 Å². The van der Waals surface area contributed by atoms with E-state index in [0.717, 1.165) is 6.54 Å². The molecule has 0 saturated carbocycles. The molecular formula is C18H24N2O3. The van der Waals surface area contributed by atoms with Crippen LogP contribution in [0.4, 0.5) is 0 Å². The lowest BCUT2D eigenvalue weighted by atomic mass is 10.00. The average Bonchev–Trinajstić information content (AvgIpc) is 3.04. The number of carbonyl (C=O) groups excluding carboxylic acids is 1. The highest BCUT2D eigenvalue weighted by molar-refractivity contribution is 5.85. The number of ketones is 1. The van der Waals surface area contributed by atoms with Crippen LogP contribution in [-0.4, -0.2) is 61.8 Å². The minimum atomic E-state index is -0.155. The van der Waals surface area contributed by atoms with Gasteiger partial charge >= 0.3 is 0 Å². The first kappa shape index (κ1) is 16.2. The lowest BCUT2D eigenvalue weighted by Crippen LogP contribution is -2.40. The van der Waals surface area contributed by atoms with E-state index in [1.165, 1.54) is 5.56 Å². The molecule has 1 fully saturated rings. The lowest BCUT2D eigenvalue weighted by molar-refractivity contribution is -0.124. The SMILES string of the molecule is CN(CC1OCCO1)CC1C=CN(Cc2ccccc2)CC1=O. The molecule has 0 radical (unpaired) electrons. The molecule has 0 spiro atoms. The molecule has 0 N–H and O–H groups in total. The van der Waals surface area contributed by atoms with E-state index < -0.39 is 0 Å². The third-order valence-electron chi connectivity index (χ3n) is 4.19. The molecule has 3 rings (SSSR count). The summed E-state index contributed by atoms with van der Waals surface area (Å²) in [5.74, 6) is 0.219. The van der Waals surface area contributed by atoms with Crippen LogP contribution in [-0.2, 0) is 20.8 Å². The summed E-state index contributed by atoms with van der Waals surface area (Å²) in [6.45, 7) is 3.98. The zero-order valence-corrected chi connectivity index (χ0v) is 13.6. The van der Waals surface area contributed by atoms with Crippen LogP contribution < -0.4 is 0 Å². The summed E-state index contributed by atoms with van der Waals surface area (Å²) in [7, 11) is 2.00. The van der Waals surface area contributed by atoms with Gasteiger partial charge in [-0.05, 0) is 18.8 Å². The van der Waals surface area contributed by atoms with E-state index >= 15 is 0 Å². The van der Waals surface area contributed by atoms with E-state index in [1.54, 1.807) is 0 Å². The van der Waals surface area contributed by atoms with E-state index in [9.17, 15) is 4.79 Å². The topological polar surface area (TPSA) is 42.0 Å². The summed E-state index contributed by atoms with van der Waals surface area (Å²) >= 11 is 0. The highest BCUT2D eigenvalue weighted by Crippen LogP contribution is 2.15. The van der Waals surface area contributed by atoms with Crippen LogP contribution in [0.5, 0.6) is 0 Å². The first-order chi connectivity index (χ1) is 11.2. The summed E-state index contributed by atoms with van der Waals surface area (Å²) < 4.78 is 10.9. The van der Waals surface area contributed by atoms with Crippen LogP contribution in [0.15, 0.2) is 42.6 Å². The van der Waals surface area contributed by atoms with Crippen molar-refractivity contribution in [3.8, 4) is 0 Å². The van der Waals surface area contributed by atoms with Gasteiger partial charge in [0, 0.05) is 19.6 Å². The van der Waals surface area contributed by atoms with Gasteiger partial charge in [0.25, 0.3) is 0 Å². The molecule has 124 valence electrons. The molecule has 2 aliphatic rings. The fourth-order valence-corrected chi connectivity index (χ4v) is 2.97. The standard InChI is InChI=1S/C18H24N2O3/c1-19(14-18-22-9-10-23-18)12-16-7-8-20(13-17(16)21)11-15-5-3-2-4-6-15/h2-8,16,18H,9-14H2,1H3. The number of benzene rings is 1. The fourth-order valence-electron chi connectivity index (χ4n) is 2.97. The average molecular weight is 316 g/mol. The summed E-state index contributed by atoms with van der Waals surface area (Å²) in [5, 5.41) is 0. The Balaban J connectivity index is 1.50. The second kappa shape index (κ2) is 7.73. The minimum absolute atomic E-state index is 0.0478. The molecule has 1 saturated heterocycles. The third-order valence-corrected chi connectivity index (χ3v) is 4.19. The van der Waals surface area contributed by atoms with Crippen LogP contribution in [0, 0.1) is 5.92 Å². The Bertz CT molecular complexity index is 540. The van der Waals surface area contributed by atoms with Gasteiger partial charge in [0.15, 0.2) is 12.1 Å². The Kier molecular flexibility index (Phi) is 5.43. The maximum Gasteiger partial charge on any atom is 0.170 e. The molecule has 2 heterocycles. The summed E-state index contributed by atoms with van der Waals surface area (Å²) in [4.78, 5) is 16.6. The minimum Gasteiger partial charge on any atom is -0.366 e. The quantitative estimate of drug-likeness (QED) is 0.796. The molecule has 1 aromatic carbocycles. The number of nitrogens with zero attached hydrogens (tertiary/aromatic N) is 2. The Hall–Kier alpha value is -1.69. The Morgan fingerprint density at radius 2 is 1.91 bits per heavy atom. The van der Waals surface area contributed by atoms with Crippen molar-refractivity contribution in [2.75, 3.05) is 39.9 Å². The van der Waals surface area contributed by atoms with Crippen molar-refractivity contribution in [3.63, 3.8) is 0 Å². The van der Waals surface area contributed by atoms with Crippen LogP contribution in [0.3, 0.4) is 0 Å². The smallest absolute Gasteiger partial charge is 0.170 e. The molecule has 1 aromatic rings. The molecule has 1 atom stereocenters. The largest absolute Gasteiger partial charge is 0.366 e. The van der Waals surface area contributed by atoms with Crippen LogP contribution in [0.25, 0.3) is 0 Å². The van der Waals surface area contributed by atoms with Gasteiger partial charge in [-0.2, -0.15) is 0 Å². The first-order valence-electron chi connectivity index (χ1n) is 8.11. The van der Waals surface area contributed by atoms with Crippen molar-refractivity contribution in [3.05, 3.63) is 48.2 Å². The summed E-state index contributed by atoms with van der Waals surface area (Å²) in [6, 6.07) is 10.2.